The molecule has 1 heterocycles. The highest BCUT2D eigenvalue weighted by molar-refractivity contribution is 6.34. The molecule has 0 saturated carbocycles. The zero-order chi connectivity index (χ0) is 14.0. The van der Waals surface area contributed by atoms with Gasteiger partial charge in [0.25, 0.3) is 5.69 Å². The molecule has 0 bridgehead atoms. The fourth-order valence-corrected chi connectivity index (χ4v) is 2.08. The molecule has 1 fully saturated rings. The first kappa shape index (κ1) is 13.7. The number of hydrogen-bond donors (Lipinski definition) is 3. The number of aliphatic hydroxyl groups is 1. The minimum absolute atomic E-state index is 0.0982. The van der Waals surface area contributed by atoms with Gasteiger partial charge >= 0.3 is 0 Å². The number of carbonyl (C=O) groups excluding carboxylic acids is 1. The number of β-amino-alcohol motifs (C(OH)–C–C–N with tert-alkyl or cyclic N) is 1. The maximum Gasteiger partial charge on any atom is 0.271 e. The normalized spacial score (nSPS) is 22.2. The van der Waals surface area contributed by atoms with E-state index in [4.69, 9.17) is 11.6 Å². The number of nitro benzene ring substituents is 1. The highest BCUT2D eigenvalue weighted by Gasteiger charge is 2.28. The summed E-state index contributed by atoms with van der Waals surface area (Å²) in [6.45, 7) is 0.367. The zero-order valence-electron chi connectivity index (χ0n) is 9.80. The Hall–Kier alpha value is -1.70. The summed E-state index contributed by atoms with van der Waals surface area (Å²) in [4.78, 5) is 21.8. The summed E-state index contributed by atoms with van der Waals surface area (Å²) in [6, 6.07) is 3.33. The van der Waals surface area contributed by atoms with Gasteiger partial charge in [-0.15, -0.1) is 0 Å². The van der Waals surface area contributed by atoms with Crippen LogP contribution in [0.1, 0.15) is 6.42 Å². The van der Waals surface area contributed by atoms with Crippen molar-refractivity contribution in [3.63, 3.8) is 0 Å². The molecule has 0 radical (unpaired) electrons. The van der Waals surface area contributed by atoms with Gasteiger partial charge in [-0.05, 0) is 12.5 Å². The second-order valence-corrected chi connectivity index (χ2v) is 4.67. The van der Waals surface area contributed by atoms with Gasteiger partial charge in [0.15, 0.2) is 0 Å². The molecule has 102 valence electrons. The summed E-state index contributed by atoms with van der Waals surface area (Å²) in [5.74, 6) is -0.327. The first-order valence-electron chi connectivity index (χ1n) is 5.63. The summed E-state index contributed by atoms with van der Waals surface area (Å²) in [7, 11) is 0. The van der Waals surface area contributed by atoms with Gasteiger partial charge in [0.2, 0.25) is 5.91 Å². The second kappa shape index (κ2) is 5.52. The molecule has 8 heteroatoms. The van der Waals surface area contributed by atoms with E-state index >= 15 is 0 Å². The molecule has 2 atom stereocenters. The van der Waals surface area contributed by atoms with Crippen LogP contribution >= 0.6 is 11.6 Å². The summed E-state index contributed by atoms with van der Waals surface area (Å²) in [6.07, 6.45) is -0.209. The summed E-state index contributed by atoms with van der Waals surface area (Å²) in [5, 5.41) is 25.4. The maximum absolute atomic E-state index is 11.9. The third-order valence-corrected chi connectivity index (χ3v) is 3.16. The number of hydrogen-bond acceptors (Lipinski definition) is 5. The van der Waals surface area contributed by atoms with E-state index in [0.29, 0.717) is 18.7 Å². The Bertz CT molecular complexity index is 523. The molecule has 0 spiro atoms. The topological polar surface area (TPSA) is 104 Å². The van der Waals surface area contributed by atoms with Crippen LogP contribution in [0.25, 0.3) is 0 Å². The van der Waals surface area contributed by atoms with E-state index in [1.54, 1.807) is 0 Å². The van der Waals surface area contributed by atoms with Crippen LogP contribution in [-0.2, 0) is 4.79 Å². The fraction of sp³-hybridized carbons (Fsp3) is 0.364. The molecular formula is C11H12ClN3O4. The molecule has 2 rings (SSSR count). The predicted octanol–water partition coefficient (Wildman–Crippen LogP) is 0.909. The van der Waals surface area contributed by atoms with Gasteiger partial charge in [-0.25, -0.2) is 0 Å². The van der Waals surface area contributed by atoms with Gasteiger partial charge in [0.05, 0.1) is 27.8 Å². The largest absolute Gasteiger partial charge is 0.392 e. The van der Waals surface area contributed by atoms with Gasteiger partial charge < -0.3 is 15.7 Å². The fourth-order valence-electron chi connectivity index (χ4n) is 1.86. The third kappa shape index (κ3) is 3.19. The lowest BCUT2D eigenvalue weighted by molar-refractivity contribution is -0.384. The highest BCUT2D eigenvalue weighted by atomic mass is 35.5. The summed E-state index contributed by atoms with van der Waals surface area (Å²) >= 11 is 5.86. The van der Waals surface area contributed by atoms with Crippen molar-refractivity contribution in [2.24, 2.45) is 0 Å². The molecule has 0 aliphatic carbocycles. The minimum Gasteiger partial charge on any atom is -0.392 e. The number of nitro groups is 1. The van der Waals surface area contributed by atoms with Crippen LogP contribution in [0.2, 0.25) is 5.02 Å². The smallest absolute Gasteiger partial charge is 0.271 e. The number of nitrogens with one attached hydrogen (secondary N) is 2. The van der Waals surface area contributed by atoms with Gasteiger partial charge in [-0.3, -0.25) is 14.9 Å². The Morgan fingerprint density at radius 2 is 2.32 bits per heavy atom. The van der Waals surface area contributed by atoms with Crippen LogP contribution < -0.4 is 10.6 Å². The van der Waals surface area contributed by atoms with Gasteiger partial charge in [0, 0.05) is 18.7 Å². The Kier molecular flexibility index (Phi) is 3.98. The van der Waals surface area contributed by atoms with E-state index in [1.165, 1.54) is 18.2 Å². The number of benzene rings is 1. The number of nitrogens with zero attached hydrogens (tertiary/aromatic N) is 1. The summed E-state index contributed by atoms with van der Waals surface area (Å²) in [5.41, 5.74) is 0.165. The number of anilines is 1. The number of amides is 1. The average Bonchev–Trinajstić information content (AvgIpc) is 2.78. The van der Waals surface area contributed by atoms with Crippen molar-refractivity contribution >= 4 is 28.9 Å². The molecule has 1 aromatic rings. The monoisotopic (exact) mass is 285 g/mol. The Morgan fingerprint density at radius 3 is 2.84 bits per heavy atom. The highest BCUT2D eigenvalue weighted by Crippen LogP contribution is 2.27. The second-order valence-electron chi connectivity index (χ2n) is 4.26. The van der Waals surface area contributed by atoms with Crippen LogP contribution in [0.15, 0.2) is 18.2 Å². The molecule has 3 N–H and O–H groups in total. The van der Waals surface area contributed by atoms with Crippen LogP contribution in [0, 0.1) is 10.1 Å². The van der Waals surface area contributed by atoms with E-state index in [9.17, 15) is 20.0 Å². The number of rotatable bonds is 3. The van der Waals surface area contributed by atoms with E-state index in [-0.39, 0.29) is 16.6 Å². The van der Waals surface area contributed by atoms with Crippen molar-refractivity contribution < 1.29 is 14.8 Å². The third-order valence-electron chi connectivity index (χ3n) is 2.85. The molecule has 0 aromatic heterocycles. The Morgan fingerprint density at radius 1 is 1.58 bits per heavy atom. The van der Waals surface area contributed by atoms with Gasteiger partial charge in [0.1, 0.15) is 0 Å². The number of non-ortho nitro benzene ring substituents is 1. The van der Waals surface area contributed by atoms with Gasteiger partial charge in [-0.1, -0.05) is 11.6 Å². The molecule has 19 heavy (non-hydrogen) atoms. The molecule has 1 amide bonds. The Balaban J connectivity index is 2.07. The van der Waals surface area contributed by atoms with E-state index in [2.05, 4.69) is 10.6 Å². The minimum atomic E-state index is -0.563. The van der Waals surface area contributed by atoms with Crippen molar-refractivity contribution in [2.45, 2.75) is 18.6 Å². The molecule has 1 aromatic carbocycles. The van der Waals surface area contributed by atoms with Crippen molar-refractivity contribution in [3.05, 3.63) is 33.3 Å². The van der Waals surface area contributed by atoms with E-state index in [1.807, 2.05) is 0 Å². The molecule has 2 unspecified atom stereocenters. The zero-order valence-corrected chi connectivity index (χ0v) is 10.6. The van der Waals surface area contributed by atoms with Crippen molar-refractivity contribution in [2.75, 3.05) is 11.9 Å². The lowest BCUT2D eigenvalue weighted by Crippen LogP contribution is -2.35. The molecule has 1 aliphatic rings. The van der Waals surface area contributed by atoms with Crippen LogP contribution in [0.5, 0.6) is 0 Å². The maximum atomic E-state index is 11.9. The van der Waals surface area contributed by atoms with Crippen LogP contribution in [-0.4, -0.2) is 34.6 Å². The predicted molar refractivity (Wildman–Crippen MR) is 69.2 cm³/mol. The molecular weight excluding hydrogens is 274 g/mol. The first-order chi connectivity index (χ1) is 8.97. The number of carbonyl (C=O) groups is 1. The lowest BCUT2D eigenvalue weighted by atomic mass is 10.2. The van der Waals surface area contributed by atoms with Crippen molar-refractivity contribution in [1.29, 1.82) is 0 Å². The van der Waals surface area contributed by atoms with Gasteiger partial charge in [-0.2, -0.15) is 0 Å². The van der Waals surface area contributed by atoms with Crippen molar-refractivity contribution in [1.82, 2.24) is 5.32 Å². The van der Waals surface area contributed by atoms with Crippen molar-refractivity contribution in [3.8, 4) is 0 Å². The number of aliphatic hydroxyl groups excluding tert-OH is 1. The number of halogens is 1. The standard InChI is InChI=1S/C11H12ClN3O4/c12-8-3-6(15(18)19)1-2-9(8)14-11(17)10-4-7(16)5-13-10/h1-3,7,10,13,16H,4-5H2,(H,14,17). The average molecular weight is 286 g/mol. The Labute approximate surface area is 113 Å². The quantitative estimate of drug-likeness (QED) is 0.565. The van der Waals surface area contributed by atoms with E-state index < -0.39 is 17.1 Å². The molecule has 7 nitrogen and oxygen atoms in total. The SMILES string of the molecule is O=C(Nc1ccc([N+](=O)[O-])cc1Cl)C1CC(O)CN1. The lowest BCUT2D eigenvalue weighted by Gasteiger charge is -2.11. The molecule has 1 aliphatic heterocycles. The van der Waals surface area contributed by atoms with Crippen LogP contribution in [0.4, 0.5) is 11.4 Å². The van der Waals surface area contributed by atoms with Crippen LogP contribution in [0.3, 0.4) is 0 Å². The molecule has 1 saturated heterocycles. The van der Waals surface area contributed by atoms with E-state index in [0.717, 1.165) is 0 Å². The first-order valence-corrected chi connectivity index (χ1v) is 6.01. The summed E-state index contributed by atoms with van der Waals surface area (Å²) < 4.78 is 0.